The Hall–Kier alpha value is -0.590. The molecule has 0 aliphatic heterocycles. The number of ether oxygens (including phenoxy) is 1. The van der Waals surface area contributed by atoms with Gasteiger partial charge in [-0.2, -0.15) is 5.26 Å². The predicted octanol–water partition coefficient (Wildman–Crippen LogP) is 2.64. The van der Waals surface area contributed by atoms with E-state index in [0.717, 1.165) is 19.3 Å². The van der Waals surface area contributed by atoms with Crippen LogP contribution in [0.2, 0.25) is 0 Å². The molecule has 0 aliphatic carbocycles. The lowest BCUT2D eigenvalue weighted by Gasteiger charge is -2.22. The lowest BCUT2D eigenvalue weighted by atomic mass is 9.99. The van der Waals surface area contributed by atoms with Crippen molar-refractivity contribution in [3.05, 3.63) is 0 Å². The number of aliphatic hydroxyl groups is 1. The second-order valence-electron chi connectivity index (χ2n) is 4.08. The summed E-state index contributed by atoms with van der Waals surface area (Å²) in [5, 5.41) is 17.6. The SMILES string of the molecule is CCCCCCC(C)(C#N)OCCCO. The topological polar surface area (TPSA) is 53.2 Å². The molecular weight excluding hydrogens is 190 g/mol. The quantitative estimate of drug-likeness (QED) is 0.599. The minimum Gasteiger partial charge on any atom is -0.396 e. The van der Waals surface area contributed by atoms with Gasteiger partial charge in [-0.3, -0.25) is 0 Å². The van der Waals surface area contributed by atoms with Crippen LogP contribution < -0.4 is 0 Å². The van der Waals surface area contributed by atoms with Crippen LogP contribution in [-0.4, -0.2) is 23.9 Å². The van der Waals surface area contributed by atoms with Gasteiger partial charge in [-0.15, -0.1) is 0 Å². The molecule has 0 amide bonds. The van der Waals surface area contributed by atoms with Crippen molar-refractivity contribution in [2.75, 3.05) is 13.2 Å². The van der Waals surface area contributed by atoms with Crippen molar-refractivity contribution < 1.29 is 9.84 Å². The van der Waals surface area contributed by atoms with Crippen molar-refractivity contribution in [2.24, 2.45) is 0 Å². The first kappa shape index (κ1) is 14.4. The van der Waals surface area contributed by atoms with Gasteiger partial charge in [0.05, 0.1) is 12.7 Å². The van der Waals surface area contributed by atoms with Crippen LogP contribution in [0.1, 0.15) is 52.4 Å². The first-order valence-electron chi connectivity index (χ1n) is 5.84. The number of hydrogen-bond donors (Lipinski definition) is 1. The van der Waals surface area contributed by atoms with E-state index in [4.69, 9.17) is 15.1 Å². The maximum atomic E-state index is 9.00. The van der Waals surface area contributed by atoms with Crippen LogP contribution in [0.5, 0.6) is 0 Å². The highest BCUT2D eigenvalue weighted by Gasteiger charge is 2.23. The number of unbranched alkanes of at least 4 members (excludes halogenated alkanes) is 3. The highest BCUT2D eigenvalue weighted by molar-refractivity contribution is 4.97. The highest BCUT2D eigenvalue weighted by atomic mass is 16.5. The smallest absolute Gasteiger partial charge is 0.151 e. The van der Waals surface area contributed by atoms with Crippen LogP contribution in [-0.2, 0) is 4.74 Å². The van der Waals surface area contributed by atoms with E-state index in [1.807, 2.05) is 6.92 Å². The van der Waals surface area contributed by atoms with Gasteiger partial charge < -0.3 is 9.84 Å². The molecule has 0 rings (SSSR count). The van der Waals surface area contributed by atoms with Crippen molar-refractivity contribution in [1.29, 1.82) is 5.26 Å². The lowest BCUT2D eigenvalue weighted by Crippen LogP contribution is -2.27. The predicted molar refractivity (Wildman–Crippen MR) is 60.4 cm³/mol. The summed E-state index contributed by atoms with van der Waals surface area (Å²) < 4.78 is 5.48. The van der Waals surface area contributed by atoms with Crippen molar-refractivity contribution in [2.45, 2.75) is 58.0 Å². The van der Waals surface area contributed by atoms with Crippen LogP contribution in [0.25, 0.3) is 0 Å². The van der Waals surface area contributed by atoms with E-state index in [9.17, 15) is 0 Å². The van der Waals surface area contributed by atoms with Gasteiger partial charge in [0, 0.05) is 6.61 Å². The second kappa shape index (κ2) is 8.70. The molecule has 0 aliphatic rings. The number of nitriles is 1. The molecule has 3 heteroatoms. The van der Waals surface area contributed by atoms with Gasteiger partial charge in [0.25, 0.3) is 0 Å². The summed E-state index contributed by atoms with van der Waals surface area (Å²) in [5.41, 5.74) is -0.664. The van der Waals surface area contributed by atoms with E-state index in [-0.39, 0.29) is 6.61 Å². The summed E-state index contributed by atoms with van der Waals surface area (Å²) in [6.07, 6.45) is 6.02. The number of aliphatic hydroxyl groups excluding tert-OH is 1. The van der Waals surface area contributed by atoms with Crippen LogP contribution in [0.4, 0.5) is 0 Å². The molecule has 0 aromatic rings. The third-order valence-electron chi connectivity index (χ3n) is 2.47. The molecule has 0 fully saturated rings. The van der Waals surface area contributed by atoms with Crippen molar-refractivity contribution in [3.8, 4) is 6.07 Å². The molecule has 1 N–H and O–H groups in total. The minimum atomic E-state index is -0.664. The van der Waals surface area contributed by atoms with Gasteiger partial charge in [0.1, 0.15) is 0 Å². The molecule has 0 radical (unpaired) electrons. The van der Waals surface area contributed by atoms with E-state index in [0.29, 0.717) is 13.0 Å². The van der Waals surface area contributed by atoms with Gasteiger partial charge >= 0.3 is 0 Å². The lowest BCUT2D eigenvalue weighted by molar-refractivity contribution is -0.00243. The van der Waals surface area contributed by atoms with E-state index >= 15 is 0 Å². The monoisotopic (exact) mass is 213 g/mol. The molecule has 1 atom stereocenters. The minimum absolute atomic E-state index is 0.122. The molecule has 15 heavy (non-hydrogen) atoms. The highest BCUT2D eigenvalue weighted by Crippen LogP contribution is 2.19. The molecule has 0 bridgehead atoms. The Morgan fingerprint density at radius 1 is 1.27 bits per heavy atom. The maximum absolute atomic E-state index is 9.00. The van der Waals surface area contributed by atoms with Gasteiger partial charge in [-0.05, 0) is 26.2 Å². The molecule has 88 valence electrons. The number of hydrogen-bond acceptors (Lipinski definition) is 3. The van der Waals surface area contributed by atoms with E-state index < -0.39 is 5.60 Å². The van der Waals surface area contributed by atoms with Crippen molar-refractivity contribution in [1.82, 2.24) is 0 Å². The van der Waals surface area contributed by atoms with Crippen molar-refractivity contribution in [3.63, 3.8) is 0 Å². The molecule has 0 spiro atoms. The summed E-state index contributed by atoms with van der Waals surface area (Å²) in [5.74, 6) is 0. The van der Waals surface area contributed by atoms with Crippen LogP contribution in [0.15, 0.2) is 0 Å². The summed E-state index contributed by atoms with van der Waals surface area (Å²) in [4.78, 5) is 0. The average molecular weight is 213 g/mol. The Morgan fingerprint density at radius 3 is 2.53 bits per heavy atom. The largest absolute Gasteiger partial charge is 0.396 e. The van der Waals surface area contributed by atoms with Gasteiger partial charge in [0.2, 0.25) is 0 Å². The summed E-state index contributed by atoms with van der Waals surface area (Å²) in [6.45, 7) is 4.59. The van der Waals surface area contributed by atoms with Gasteiger partial charge in [0.15, 0.2) is 5.60 Å². The third-order valence-corrected chi connectivity index (χ3v) is 2.47. The molecule has 1 unspecified atom stereocenters. The molecule has 0 aromatic heterocycles. The van der Waals surface area contributed by atoms with E-state index in [1.54, 1.807) is 0 Å². The average Bonchev–Trinajstić information content (AvgIpc) is 2.25. The van der Waals surface area contributed by atoms with Crippen molar-refractivity contribution >= 4 is 0 Å². The Labute approximate surface area is 93.1 Å². The zero-order chi connectivity index (χ0) is 11.6. The molecular formula is C12H23NO2. The fourth-order valence-electron chi connectivity index (χ4n) is 1.41. The van der Waals surface area contributed by atoms with E-state index in [2.05, 4.69) is 13.0 Å². The summed E-state index contributed by atoms with van der Waals surface area (Å²) in [7, 11) is 0. The number of rotatable bonds is 9. The molecule has 3 nitrogen and oxygen atoms in total. The Bertz CT molecular complexity index is 189. The summed E-state index contributed by atoms with van der Waals surface area (Å²) in [6, 6.07) is 2.21. The molecule has 0 saturated carbocycles. The number of nitrogens with zero attached hydrogens (tertiary/aromatic N) is 1. The fourth-order valence-corrected chi connectivity index (χ4v) is 1.41. The van der Waals surface area contributed by atoms with Crippen LogP contribution in [0, 0.1) is 11.3 Å². The first-order valence-corrected chi connectivity index (χ1v) is 5.84. The normalized spacial score (nSPS) is 14.5. The fraction of sp³-hybridized carbons (Fsp3) is 0.917. The third kappa shape index (κ3) is 7.35. The van der Waals surface area contributed by atoms with Gasteiger partial charge in [-0.25, -0.2) is 0 Å². The zero-order valence-corrected chi connectivity index (χ0v) is 9.96. The summed E-state index contributed by atoms with van der Waals surface area (Å²) >= 11 is 0. The maximum Gasteiger partial charge on any atom is 0.151 e. The standard InChI is InChI=1S/C12H23NO2/c1-3-4-5-6-8-12(2,11-13)15-10-7-9-14/h14H,3-10H2,1-2H3. The Kier molecular flexibility index (Phi) is 8.35. The van der Waals surface area contributed by atoms with Crippen LogP contribution >= 0.6 is 0 Å². The Balaban J connectivity index is 3.71. The zero-order valence-electron chi connectivity index (χ0n) is 9.96. The Morgan fingerprint density at radius 2 is 2.00 bits per heavy atom. The van der Waals surface area contributed by atoms with E-state index in [1.165, 1.54) is 12.8 Å². The van der Waals surface area contributed by atoms with Crippen LogP contribution in [0.3, 0.4) is 0 Å². The molecule has 0 aromatic carbocycles. The molecule has 0 heterocycles. The molecule has 0 saturated heterocycles. The second-order valence-corrected chi connectivity index (χ2v) is 4.08. The first-order chi connectivity index (χ1) is 7.18. The van der Waals surface area contributed by atoms with Gasteiger partial charge in [-0.1, -0.05) is 26.2 Å².